The lowest BCUT2D eigenvalue weighted by Crippen LogP contribution is -2.29. The highest BCUT2D eigenvalue weighted by Gasteiger charge is 2.31. The summed E-state index contributed by atoms with van der Waals surface area (Å²) in [5, 5.41) is 26.8. The van der Waals surface area contributed by atoms with Gasteiger partial charge in [-0.1, -0.05) is 31.7 Å². The fourth-order valence-corrected chi connectivity index (χ4v) is 4.54. The highest BCUT2D eigenvalue weighted by atomic mass is 16.3. The summed E-state index contributed by atoms with van der Waals surface area (Å²) in [6.07, 6.45) is 8.42. The standard InChI is InChI=1S/C19H24N6O/c26-16-11-4-3-10-15(16)25-19(20-18(23-25)12-6-1-2-7-12)13-8-5-9-14-17(13)22-24-21-14/h5,8-9,12,15-16,26H,1-4,6-7,10-11H2,(H,21,22,24)/t15-,16-/m1/s1. The molecule has 2 fully saturated rings. The van der Waals surface area contributed by atoms with Crippen molar-refractivity contribution in [3.8, 4) is 11.4 Å². The van der Waals surface area contributed by atoms with E-state index in [0.717, 1.165) is 66.8 Å². The maximum atomic E-state index is 10.6. The Bertz CT molecular complexity index is 910. The van der Waals surface area contributed by atoms with Gasteiger partial charge in [0.15, 0.2) is 11.6 Å². The van der Waals surface area contributed by atoms with E-state index in [1.807, 2.05) is 22.9 Å². The lowest BCUT2D eigenvalue weighted by Gasteiger charge is -2.28. The van der Waals surface area contributed by atoms with Crippen LogP contribution in [0.5, 0.6) is 0 Å². The molecule has 5 rings (SSSR count). The van der Waals surface area contributed by atoms with Gasteiger partial charge in [0.1, 0.15) is 11.0 Å². The number of aliphatic hydroxyl groups is 1. The van der Waals surface area contributed by atoms with Crippen molar-refractivity contribution in [3.63, 3.8) is 0 Å². The van der Waals surface area contributed by atoms with Gasteiger partial charge in [-0.25, -0.2) is 9.67 Å². The predicted octanol–water partition coefficient (Wildman–Crippen LogP) is 3.35. The van der Waals surface area contributed by atoms with Crippen LogP contribution in [0.1, 0.15) is 69.2 Å². The average Bonchev–Trinajstić information content (AvgIpc) is 3.40. The monoisotopic (exact) mass is 352 g/mol. The Hall–Kier alpha value is -2.28. The van der Waals surface area contributed by atoms with Gasteiger partial charge in [-0.3, -0.25) is 0 Å². The molecule has 2 atom stereocenters. The first-order valence-electron chi connectivity index (χ1n) is 9.75. The van der Waals surface area contributed by atoms with Crippen molar-refractivity contribution in [3.05, 3.63) is 24.0 Å². The molecular weight excluding hydrogens is 328 g/mol. The van der Waals surface area contributed by atoms with E-state index in [4.69, 9.17) is 10.1 Å². The average molecular weight is 352 g/mol. The fourth-order valence-electron chi connectivity index (χ4n) is 4.54. The van der Waals surface area contributed by atoms with Gasteiger partial charge in [0.2, 0.25) is 0 Å². The van der Waals surface area contributed by atoms with Gasteiger partial charge in [-0.05, 0) is 37.8 Å². The number of benzene rings is 1. The number of rotatable bonds is 3. The zero-order valence-electron chi connectivity index (χ0n) is 14.8. The quantitative estimate of drug-likeness (QED) is 0.754. The molecule has 2 saturated carbocycles. The maximum Gasteiger partial charge on any atom is 0.161 e. The molecule has 7 heteroatoms. The molecule has 26 heavy (non-hydrogen) atoms. The minimum atomic E-state index is -0.364. The molecule has 0 aliphatic heterocycles. The summed E-state index contributed by atoms with van der Waals surface area (Å²) in [6.45, 7) is 0. The molecule has 2 aromatic heterocycles. The van der Waals surface area contributed by atoms with Crippen LogP contribution >= 0.6 is 0 Å². The summed E-state index contributed by atoms with van der Waals surface area (Å²) < 4.78 is 1.99. The number of para-hydroxylation sites is 1. The largest absolute Gasteiger partial charge is 0.391 e. The number of nitrogens with zero attached hydrogens (tertiary/aromatic N) is 5. The van der Waals surface area contributed by atoms with E-state index in [9.17, 15) is 5.11 Å². The SMILES string of the molecule is O[C@@H]1CCCC[C@H]1n1nc(C2CCCC2)nc1-c1cccc2n[nH]nc12. The topological polar surface area (TPSA) is 92.5 Å². The summed E-state index contributed by atoms with van der Waals surface area (Å²) >= 11 is 0. The van der Waals surface area contributed by atoms with Crippen molar-refractivity contribution in [1.29, 1.82) is 0 Å². The Morgan fingerprint density at radius 1 is 1.00 bits per heavy atom. The van der Waals surface area contributed by atoms with Gasteiger partial charge in [0.25, 0.3) is 0 Å². The van der Waals surface area contributed by atoms with Crippen LogP contribution in [0.4, 0.5) is 0 Å². The molecule has 0 spiro atoms. The van der Waals surface area contributed by atoms with Gasteiger partial charge in [0, 0.05) is 11.5 Å². The third kappa shape index (κ3) is 2.61. The number of fused-ring (bicyclic) bond motifs is 1. The highest BCUT2D eigenvalue weighted by Crippen LogP contribution is 2.37. The van der Waals surface area contributed by atoms with Crippen LogP contribution in [0.2, 0.25) is 0 Å². The van der Waals surface area contributed by atoms with Crippen molar-refractivity contribution < 1.29 is 5.11 Å². The van der Waals surface area contributed by atoms with Gasteiger partial charge in [-0.2, -0.15) is 20.5 Å². The second-order valence-corrected chi connectivity index (χ2v) is 7.64. The number of aromatic nitrogens is 6. The van der Waals surface area contributed by atoms with Crippen LogP contribution in [0, 0.1) is 0 Å². The molecule has 7 nitrogen and oxygen atoms in total. The van der Waals surface area contributed by atoms with E-state index in [0.29, 0.717) is 5.92 Å². The number of aliphatic hydroxyl groups excluding tert-OH is 1. The number of hydrogen-bond acceptors (Lipinski definition) is 5. The minimum Gasteiger partial charge on any atom is -0.391 e. The number of H-pyrrole nitrogens is 1. The second-order valence-electron chi connectivity index (χ2n) is 7.64. The smallest absolute Gasteiger partial charge is 0.161 e. The van der Waals surface area contributed by atoms with Crippen LogP contribution in [0.25, 0.3) is 22.4 Å². The van der Waals surface area contributed by atoms with E-state index in [1.165, 1.54) is 12.8 Å². The highest BCUT2D eigenvalue weighted by molar-refractivity contribution is 5.89. The van der Waals surface area contributed by atoms with Crippen LogP contribution < -0.4 is 0 Å². The van der Waals surface area contributed by atoms with Gasteiger partial charge < -0.3 is 5.11 Å². The number of aromatic amines is 1. The van der Waals surface area contributed by atoms with Gasteiger partial charge >= 0.3 is 0 Å². The Morgan fingerprint density at radius 2 is 1.81 bits per heavy atom. The fraction of sp³-hybridized carbons (Fsp3) is 0.579. The van der Waals surface area contributed by atoms with Gasteiger partial charge in [0.05, 0.1) is 12.1 Å². The molecule has 0 radical (unpaired) electrons. The Morgan fingerprint density at radius 3 is 2.65 bits per heavy atom. The molecule has 2 aliphatic carbocycles. The Kier molecular flexibility index (Phi) is 3.96. The molecule has 1 aromatic carbocycles. The van der Waals surface area contributed by atoms with Crippen LogP contribution in [-0.2, 0) is 0 Å². The van der Waals surface area contributed by atoms with Gasteiger partial charge in [-0.15, -0.1) is 0 Å². The molecule has 0 unspecified atom stereocenters. The van der Waals surface area contributed by atoms with Crippen molar-refractivity contribution >= 4 is 11.0 Å². The zero-order valence-corrected chi connectivity index (χ0v) is 14.8. The first kappa shape index (κ1) is 15.9. The summed E-state index contributed by atoms with van der Waals surface area (Å²) in [5.74, 6) is 2.18. The molecule has 0 amide bonds. The maximum absolute atomic E-state index is 10.6. The molecule has 136 valence electrons. The first-order chi connectivity index (χ1) is 12.8. The van der Waals surface area contributed by atoms with Crippen LogP contribution in [0.3, 0.4) is 0 Å². The molecule has 0 saturated heterocycles. The van der Waals surface area contributed by atoms with E-state index >= 15 is 0 Å². The summed E-state index contributed by atoms with van der Waals surface area (Å²) in [6, 6.07) is 5.93. The molecule has 3 aromatic rings. The number of hydrogen-bond donors (Lipinski definition) is 2. The van der Waals surface area contributed by atoms with E-state index in [-0.39, 0.29) is 12.1 Å². The van der Waals surface area contributed by atoms with E-state index in [2.05, 4.69) is 15.4 Å². The van der Waals surface area contributed by atoms with E-state index < -0.39 is 0 Å². The Labute approximate surface area is 151 Å². The lowest BCUT2D eigenvalue weighted by molar-refractivity contribution is 0.0699. The third-order valence-electron chi connectivity index (χ3n) is 5.96. The van der Waals surface area contributed by atoms with E-state index in [1.54, 1.807) is 0 Å². The zero-order chi connectivity index (χ0) is 17.5. The molecule has 0 bridgehead atoms. The van der Waals surface area contributed by atoms with Crippen molar-refractivity contribution in [2.75, 3.05) is 0 Å². The van der Waals surface area contributed by atoms with Crippen LogP contribution in [0.15, 0.2) is 18.2 Å². The van der Waals surface area contributed by atoms with Crippen LogP contribution in [-0.4, -0.2) is 41.4 Å². The lowest BCUT2D eigenvalue weighted by atomic mass is 9.92. The van der Waals surface area contributed by atoms with Crippen molar-refractivity contribution in [2.24, 2.45) is 0 Å². The molecular formula is C19H24N6O. The summed E-state index contributed by atoms with van der Waals surface area (Å²) in [4.78, 5) is 4.96. The third-order valence-corrected chi connectivity index (χ3v) is 5.96. The molecule has 2 aliphatic rings. The Balaban J connectivity index is 1.66. The molecule has 2 N–H and O–H groups in total. The summed E-state index contributed by atoms with van der Waals surface area (Å²) in [7, 11) is 0. The molecule has 2 heterocycles. The number of nitrogens with one attached hydrogen (secondary N) is 1. The normalized spacial score (nSPS) is 24.5. The second kappa shape index (κ2) is 6.46. The van der Waals surface area contributed by atoms with Crippen molar-refractivity contribution in [1.82, 2.24) is 30.2 Å². The first-order valence-corrected chi connectivity index (χ1v) is 9.75. The van der Waals surface area contributed by atoms with Crippen molar-refractivity contribution in [2.45, 2.75) is 69.4 Å². The minimum absolute atomic E-state index is 0.0106. The summed E-state index contributed by atoms with van der Waals surface area (Å²) in [5.41, 5.74) is 2.57. The predicted molar refractivity (Wildman–Crippen MR) is 97.6 cm³/mol.